The van der Waals surface area contributed by atoms with E-state index in [2.05, 4.69) is 14.7 Å². The summed E-state index contributed by atoms with van der Waals surface area (Å²) < 4.78 is 5.57. The standard InChI is InChI=1S/C11H10N4O3S.ClH/c16-9(12-5-10(17)18)6-15-3-1-8(2-4-15)11-13-7-14-19-11;/h1-4,7H,5-6H2,(H-,12,16,17,18);1H. The van der Waals surface area contributed by atoms with E-state index in [0.29, 0.717) is 0 Å². The summed E-state index contributed by atoms with van der Waals surface area (Å²) in [5.74, 6) is -1.42. The van der Waals surface area contributed by atoms with Crippen LogP contribution < -0.4 is 22.3 Å². The number of carboxylic acid groups (broad SMARTS) is 1. The van der Waals surface area contributed by atoms with Crippen LogP contribution in [-0.4, -0.2) is 32.9 Å². The number of halogens is 1. The molecule has 0 bridgehead atoms. The number of amides is 1. The second-order valence-corrected chi connectivity index (χ2v) is 4.46. The van der Waals surface area contributed by atoms with Gasteiger partial charge in [-0.25, -0.2) is 4.98 Å². The van der Waals surface area contributed by atoms with E-state index in [4.69, 9.17) is 5.11 Å². The lowest BCUT2D eigenvalue weighted by molar-refractivity contribution is -0.684. The maximum absolute atomic E-state index is 11.4. The molecule has 0 saturated heterocycles. The van der Waals surface area contributed by atoms with Crippen LogP contribution in [0.5, 0.6) is 0 Å². The lowest BCUT2D eigenvalue weighted by Crippen LogP contribution is -3.00. The number of carbonyl (C=O) groups excluding carboxylic acids is 1. The first-order valence-electron chi connectivity index (χ1n) is 5.40. The molecule has 2 aromatic heterocycles. The third kappa shape index (κ3) is 4.56. The van der Waals surface area contributed by atoms with Crippen molar-refractivity contribution in [3.8, 4) is 10.6 Å². The van der Waals surface area contributed by atoms with Gasteiger partial charge in [-0.15, -0.1) is 0 Å². The fraction of sp³-hybridized carbons (Fsp3) is 0.182. The van der Waals surface area contributed by atoms with Gasteiger partial charge >= 0.3 is 5.97 Å². The van der Waals surface area contributed by atoms with E-state index in [9.17, 15) is 9.59 Å². The first kappa shape index (κ1) is 16.0. The number of nitrogens with one attached hydrogen (secondary N) is 1. The smallest absolute Gasteiger partial charge is 0.322 e. The summed E-state index contributed by atoms with van der Waals surface area (Å²) >= 11 is 1.29. The van der Waals surface area contributed by atoms with Crippen LogP contribution in [0.25, 0.3) is 10.6 Å². The van der Waals surface area contributed by atoms with Crippen molar-refractivity contribution in [1.29, 1.82) is 0 Å². The highest BCUT2D eigenvalue weighted by Gasteiger charge is 2.11. The molecule has 9 heteroatoms. The van der Waals surface area contributed by atoms with Gasteiger partial charge in [-0.1, -0.05) is 0 Å². The first-order valence-corrected chi connectivity index (χ1v) is 6.17. The number of aliphatic carboxylic acids is 1. The van der Waals surface area contributed by atoms with Crippen molar-refractivity contribution in [2.45, 2.75) is 6.54 Å². The second kappa shape index (κ2) is 7.51. The van der Waals surface area contributed by atoms with Crippen molar-refractivity contribution in [2.24, 2.45) is 0 Å². The largest absolute Gasteiger partial charge is 1.00 e. The molecule has 0 aliphatic carbocycles. The Balaban J connectivity index is 0.00000200. The quantitative estimate of drug-likeness (QED) is 0.564. The molecule has 0 aliphatic heterocycles. The molecule has 2 heterocycles. The summed E-state index contributed by atoms with van der Waals surface area (Å²) in [5.41, 5.74) is 0.921. The predicted octanol–water partition coefficient (Wildman–Crippen LogP) is -3.30. The highest BCUT2D eigenvalue weighted by molar-refractivity contribution is 7.09. The molecule has 0 unspecified atom stereocenters. The first-order chi connectivity index (χ1) is 9.15. The summed E-state index contributed by atoms with van der Waals surface area (Å²) in [4.78, 5) is 25.8. The molecule has 0 saturated carbocycles. The van der Waals surface area contributed by atoms with Gasteiger partial charge < -0.3 is 22.8 Å². The van der Waals surface area contributed by atoms with E-state index in [0.717, 1.165) is 10.6 Å². The van der Waals surface area contributed by atoms with Gasteiger partial charge in [0.15, 0.2) is 12.4 Å². The second-order valence-electron chi connectivity index (χ2n) is 3.68. The predicted molar refractivity (Wildman–Crippen MR) is 66.2 cm³/mol. The Morgan fingerprint density at radius 1 is 1.35 bits per heavy atom. The summed E-state index contributed by atoms with van der Waals surface area (Å²) in [5, 5.41) is 11.5. The van der Waals surface area contributed by atoms with Crippen molar-refractivity contribution in [3.63, 3.8) is 0 Å². The number of rotatable bonds is 5. The minimum absolute atomic E-state index is 0. The molecule has 0 radical (unpaired) electrons. The maximum Gasteiger partial charge on any atom is 0.322 e. The van der Waals surface area contributed by atoms with Crippen LogP contribution >= 0.6 is 11.5 Å². The van der Waals surface area contributed by atoms with Crippen molar-refractivity contribution < 1.29 is 31.7 Å². The fourth-order valence-corrected chi connectivity index (χ4v) is 1.93. The molecule has 20 heavy (non-hydrogen) atoms. The summed E-state index contributed by atoms with van der Waals surface area (Å²) in [6, 6.07) is 3.65. The molecule has 106 valence electrons. The SMILES string of the molecule is O=C(O)CNC(=O)C[n+]1ccc(-c2ncns2)cc1.[Cl-]. The Morgan fingerprint density at radius 2 is 2.05 bits per heavy atom. The molecule has 0 fully saturated rings. The molecule has 1 amide bonds. The van der Waals surface area contributed by atoms with Gasteiger partial charge in [0.05, 0.1) is 0 Å². The van der Waals surface area contributed by atoms with Crippen LogP contribution in [0.1, 0.15) is 0 Å². The van der Waals surface area contributed by atoms with Crippen LogP contribution in [0.15, 0.2) is 30.9 Å². The van der Waals surface area contributed by atoms with Crippen LogP contribution in [0, 0.1) is 0 Å². The zero-order valence-electron chi connectivity index (χ0n) is 10.2. The van der Waals surface area contributed by atoms with Gasteiger partial charge in [-0.3, -0.25) is 9.59 Å². The van der Waals surface area contributed by atoms with Crippen LogP contribution in [0.4, 0.5) is 0 Å². The van der Waals surface area contributed by atoms with E-state index in [1.807, 2.05) is 12.1 Å². The van der Waals surface area contributed by atoms with Crippen LogP contribution in [0.3, 0.4) is 0 Å². The number of carbonyl (C=O) groups is 2. The minimum Gasteiger partial charge on any atom is -1.00 e. The zero-order chi connectivity index (χ0) is 13.7. The Hall–Kier alpha value is -2.06. The molecule has 2 aromatic rings. The van der Waals surface area contributed by atoms with Crippen molar-refractivity contribution >= 4 is 23.4 Å². The number of pyridine rings is 1. The Labute approximate surface area is 124 Å². The Kier molecular flexibility index (Phi) is 6.01. The number of hydrogen-bond donors (Lipinski definition) is 2. The molecular formula is C11H11ClN4O3S. The average molecular weight is 315 g/mol. The lowest BCUT2D eigenvalue weighted by Gasteiger charge is -1.99. The van der Waals surface area contributed by atoms with Gasteiger partial charge in [0.2, 0.25) is 6.54 Å². The molecule has 0 spiro atoms. The molecular weight excluding hydrogens is 304 g/mol. The van der Waals surface area contributed by atoms with Gasteiger partial charge in [-0.05, 0) is 11.5 Å². The third-order valence-electron chi connectivity index (χ3n) is 2.26. The Morgan fingerprint density at radius 3 is 2.60 bits per heavy atom. The molecule has 7 nitrogen and oxygen atoms in total. The van der Waals surface area contributed by atoms with Crippen LogP contribution in [-0.2, 0) is 16.1 Å². The average Bonchev–Trinajstić information content (AvgIpc) is 2.91. The van der Waals surface area contributed by atoms with Crippen molar-refractivity contribution in [1.82, 2.24) is 14.7 Å². The van der Waals surface area contributed by atoms with E-state index < -0.39 is 5.97 Å². The minimum atomic E-state index is -1.06. The number of carboxylic acids is 1. The van der Waals surface area contributed by atoms with Gasteiger partial charge in [0.25, 0.3) is 5.91 Å². The third-order valence-corrected chi connectivity index (χ3v) is 2.98. The van der Waals surface area contributed by atoms with Gasteiger partial charge in [0, 0.05) is 17.7 Å². The fourth-order valence-electron chi connectivity index (χ4n) is 1.40. The maximum atomic E-state index is 11.4. The summed E-state index contributed by atoms with van der Waals surface area (Å²) in [6.45, 7) is -0.300. The lowest BCUT2D eigenvalue weighted by atomic mass is 10.3. The molecule has 2 rings (SSSR count). The van der Waals surface area contributed by atoms with Crippen LogP contribution in [0.2, 0.25) is 0 Å². The highest BCUT2D eigenvalue weighted by Crippen LogP contribution is 2.17. The van der Waals surface area contributed by atoms with Crippen molar-refractivity contribution in [3.05, 3.63) is 30.9 Å². The highest BCUT2D eigenvalue weighted by atomic mass is 35.5. The van der Waals surface area contributed by atoms with E-state index in [-0.39, 0.29) is 31.4 Å². The van der Waals surface area contributed by atoms with Gasteiger partial charge in [-0.2, -0.15) is 8.94 Å². The topological polar surface area (TPSA) is 96.1 Å². The van der Waals surface area contributed by atoms with E-state index in [1.165, 1.54) is 17.9 Å². The molecule has 0 aromatic carbocycles. The number of nitrogens with zero attached hydrogens (tertiary/aromatic N) is 3. The molecule has 0 atom stereocenters. The van der Waals surface area contributed by atoms with E-state index >= 15 is 0 Å². The number of hydrogen-bond acceptors (Lipinski definition) is 5. The van der Waals surface area contributed by atoms with Crippen molar-refractivity contribution in [2.75, 3.05) is 6.54 Å². The number of aromatic nitrogens is 3. The molecule has 2 N–H and O–H groups in total. The zero-order valence-corrected chi connectivity index (χ0v) is 11.8. The Bertz CT molecular complexity index is 574. The van der Waals surface area contributed by atoms with Gasteiger partial charge in [0.1, 0.15) is 17.9 Å². The molecule has 0 aliphatic rings. The normalized spacial score (nSPS) is 9.60. The summed E-state index contributed by atoms with van der Waals surface area (Å²) in [7, 11) is 0. The monoisotopic (exact) mass is 314 g/mol. The summed E-state index contributed by atoms with van der Waals surface area (Å²) in [6.07, 6.45) is 4.95. The van der Waals surface area contributed by atoms with E-state index in [1.54, 1.807) is 17.0 Å².